The molecule has 0 saturated heterocycles. The Morgan fingerprint density at radius 1 is 1.07 bits per heavy atom. The molecule has 1 aliphatic carbocycles. The van der Waals surface area contributed by atoms with E-state index in [4.69, 9.17) is 0 Å². The fourth-order valence-corrected chi connectivity index (χ4v) is 4.78. The van der Waals surface area contributed by atoms with Gasteiger partial charge >= 0.3 is 0 Å². The molecule has 0 aliphatic heterocycles. The van der Waals surface area contributed by atoms with E-state index in [1.165, 1.54) is 28.0 Å². The minimum absolute atomic E-state index is 0.140. The molecule has 1 fully saturated rings. The Labute approximate surface area is 167 Å². The smallest absolute Gasteiger partial charge is 0.228 e. The van der Waals surface area contributed by atoms with Crippen LogP contribution in [0.4, 0.5) is 5.13 Å². The molecule has 0 spiro atoms. The second-order valence-corrected chi connectivity index (χ2v) is 8.73. The van der Waals surface area contributed by atoms with Crippen molar-refractivity contribution in [3.63, 3.8) is 0 Å². The van der Waals surface area contributed by atoms with Crippen molar-refractivity contribution in [3.05, 3.63) is 60.2 Å². The Hall–Kier alpha value is -2.18. The molecule has 3 aromatic rings. The summed E-state index contributed by atoms with van der Waals surface area (Å²) < 4.78 is 0.909. The molecular formula is C21H21N3OS2. The van der Waals surface area contributed by atoms with Gasteiger partial charge in [-0.2, -0.15) is 0 Å². The fraction of sp³-hybridized carbons (Fsp3) is 0.286. The summed E-state index contributed by atoms with van der Waals surface area (Å²) >= 11 is 3.19. The second kappa shape index (κ2) is 8.23. The van der Waals surface area contributed by atoms with Gasteiger partial charge in [-0.25, -0.2) is 0 Å². The van der Waals surface area contributed by atoms with Crippen LogP contribution in [0.15, 0.2) is 58.9 Å². The molecule has 0 N–H and O–H groups in total. The molecule has 27 heavy (non-hydrogen) atoms. The summed E-state index contributed by atoms with van der Waals surface area (Å²) in [5.74, 6) is 0.983. The maximum atomic E-state index is 12.2. The molecule has 1 aromatic heterocycles. The van der Waals surface area contributed by atoms with Gasteiger partial charge in [0.1, 0.15) is 0 Å². The lowest BCUT2D eigenvalue weighted by atomic mass is 10.0. The minimum atomic E-state index is 0.140. The van der Waals surface area contributed by atoms with Crippen LogP contribution in [0.25, 0.3) is 11.1 Å². The van der Waals surface area contributed by atoms with Gasteiger partial charge in [0.05, 0.1) is 0 Å². The topological polar surface area (TPSA) is 46.1 Å². The van der Waals surface area contributed by atoms with Crippen LogP contribution in [0.3, 0.4) is 0 Å². The van der Waals surface area contributed by atoms with Crippen molar-refractivity contribution >= 4 is 34.1 Å². The number of amides is 1. The Morgan fingerprint density at radius 2 is 1.78 bits per heavy atom. The van der Waals surface area contributed by atoms with Crippen molar-refractivity contribution < 1.29 is 4.79 Å². The summed E-state index contributed by atoms with van der Waals surface area (Å²) in [6, 6.07) is 19.4. The third-order valence-electron chi connectivity index (χ3n) is 4.51. The highest BCUT2D eigenvalue weighted by Crippen LogP contribution is 2.37. The van der Waals surface area contributed by atoms with Crippen molar-refractivity contribution in [2.45, 2.75) is 42.3 Å². The van der Waals surface area contributed by atoms with Gasteiger partial charge in [-0.15, -0.1) is 10.2 Å². The van der Waals surface area contributed by atoms with Gasteiger partial charge in [-0.05, 0) is 29.5 Å². The van der Waals surface area contributed by atoms with Crippen molar-refractivity contribution in [2.24, 2.45) is 0 Å². The summed E-state index contributed by atoms with van der Waals surface area (Å²) in [5, 5.41) is 9.29. The third-order valence-corrected chi connectivity index (χ3v) is 6.64. The highest BCUT2D eigenvalue weighted by atomic mass is 32.2. The second-order valence-electron chi connectivity index (χ2n) is 6.55. The van der Waals surface area contributed by atoms with Gasteiger partial charge < -0.3 is 0 Å². The number of rotatable bonds is 7. The molecule has 4 nitrogen and oxygen atoms in total. The van der Waals surface area contributed by atoms with Crippen molar-refractivity contribution in [1.29, 1.82) is 0 Å². The molecule has 1 saturated carbocycles. The summed E-state index contributed by atoms with van der Waals surface area (Å²) in [7, 11) is 0. The monoisotopic (exact) mass is 395 g/mol. The molecule has 0 atom stereocenters. The number of hydrogen-bond donors (Lipinski definition) is 0. The van der Waals surface area contributed by atoms with Gasteiger partial charge in [0.25, 0.3) is 0 Å². The molecule has 1 heterocycles. The molecular weight excluding hydrogens is 374 g/mol. The lowest BCUT2D eigenvalue weighted by Crippen LogP contribution is -2.32. The summed E-state index contributed by atoms with van der Waals surface area (Å²) in [6.45, 7) is 1.90. The van der Waals surface area contributed by atoms with E-state index in [0.717, 1.165) is 28.1 Å². The standard InChI is InChI=1S/C21H21N3OS2/c1-2-19(25)24(18-12-13-18)20-22-23-21(27-20)26-14-15-8-10-17(11-9-15)16-6-4-3-5-7-16/h3-11,18H,2,12-14H2,1H3. The molecule has 1 aliphatic rings. The molecule has 0 bridgehead atoms. The largest absolute Gasteiger partial charge is 0.284 e. The zero-order chi connectivity index (χ0) is 18.6. The zero-order valence-corrected chi connectivity index (χ0v) is 16.8. The van der Waals surface area contributed by atoms with Crippen molar-refractivity contribution in [3.8, 4) is 11.1 Å². The number of hydrogen-bond acceptors (Lipinski definition) is 5. The van der Waals surface area contributed by atoms with E-state index in [2.05, 4.69) is 58.7 Å². The lowest BCUT2D eigenvalue weighted by molar-refractivity contribution is -0.118. The Kier molecular flexibility index (Phi) is 5.55. The van der Waals surface area contributed by atoms with Gasteiger partial charge in [-0.1, -0.05) is 84.6 Å². The zero-order valence-electron chi connectivity index (χ0n) is 15.2. The molecule has 6 heteroatoms. The predicted octanol–water partition coefficient (Wildman–Crippen LogP) is 5.40. The Bertz CT molecular complexity index is 905. The summed E-state index contributed by atoms with van der Waals surface area (Å²) in [6.07, 6.45) is 2.65. The highest BCUT2D eigenvalue weighted by molar-refractivity contribution is 8.00. The quantitative estimate of drug-likeness (QED) is 0.397. The van der Waals surface area contributed by atoms with Crippen LogP contribution in [0.5, 0.6) is 0 Å². The Balaban J connectivity index is 1.39. The van der Waals surface area contributed by atoms with Crippen LogP contribution in [0.1, 0.15) is 31.7 Å². The van der Waals surface area contributed by atoms with E-state index in [1.807, 2.05) is 17.9 Å². The maximum absolute atomic E-state index is 12.2. The SMILES string of the molecule is CCC(=O)N(c1nnc(SCc2ccc(-c3ccccc3)cc2)s1)C1CC1. The van der Waals surface area contributed by atoms with Gasteiger partial charge in [0, 0.05) is 18.2 Å². The summed E-state index contributed by atoms with van der Waals surface area (Å²) in [4.78, 5) is 14.0. The van der Waals surface area contributed by atoms with Crippen LogP contribution in [0.2, 0.25) is 0 Å². The normalized spacial score (nSPS) is 13.5. The highest BCUT2D eigenvalue weighted by Gasteiger charge is 2.35. The molecule has 1 amide bonds. The third kappa shape index (κ3) is 4.39. The molecule has 0 radical (unpaired) electrons. The van der Waals surface area contributed by atoms with Crippen LogP contribution < -0.4 is 4.90 Å². The lowest BCUT2D eigenvalue weighted by Gasteiger charge is -2.17. The fourth-order valence-electron chi connectivity index (χ4n) is 2.90. The van der Waals surface area contributed by atoms with E-state index >= 15 is 0 Å². The average Bonchev–Trinajstić information content (AvgIpc) is 3.45. The number of carbonyl (C=O) groups is 1. The van der Waals surface area contributed by atoms with Crippen molar-refractivity contribution in [1.82, 2.24) is 10.2 Å². The van der Waals surface area contributed by atoms with Crippen LogP contribution >= 0.6 is 23.1 Å². The number of aromatic nitrogens is 2. The number of nitrogens with zero attached hydrogens (tertiary/aromatic N) is 3. The maximum Gasteiger partial charge on any atom is 0.228 e. The Morgan fingerprint density at radius 3 is 2.44 bits per heavy atom. The van der Waals surface area contributed by atoms with E-state index in [-0.39, 0.29) is 5.91 Å². The average molecular weight is 396 g/mol. The first-order chi connectivity index (χ1) is 13.2. The van der Waals surface area contributed by atoms with E-state index in [0.29, 0.717) is 12.5 Å². The first-order valence-corrected chi connectivity index (χ1v) is 11.0. The molecule has 2 aromatic carbocycles. The summed E-state index contributed by atoms with van der Waals surface area (Å²) in [5.41, 5.74) is 3.70. The van der Waals surface area contributed by atoms with E-state index in [1.54, 1.807) is 11.8 Å². The van der Waals surface area contributed by atoms with Gasteiger partial charge in [-0.3, -0.25) is 9.69 Å². The number of carbonyl (C=O) groups excluding carboxylic acids is 1. The first-order valence-electron chi connectivity index (χ1n) is 9.17. The minimum Gasteiger partial charge on any atom is -0.284 e. The molecule has 0 unspecified atom stereocenters. The van der Waals surface area contributed by atoms with Crippen LogP contribution in [-0.4, -0.2) is 22.1 Å². The number of thioether (sulfide) groups is 1. The molecule has 138 valence electrons. The van der Waals surface area contributed by atoms with Gasteiger partial charge in [0.2, 0.25) is 11.0 Å². The van der Waals surface area contributed by atoms with Gasteiger partial charge in [0.15, 0.2) is 4.34 Å². The molecule has 4 rings (SSSR count). The van der Waals surface area contributed by atoms with E-state index < -0.39 is 0 Å². The first kappa shape index (κ1) is 18.2. The number of anilines is 1. The van der Waals surface area contributed by atoms with E-state index in [9.17, 15) is 4.79 Å². The number of benzene rings is 2. The van der Waals surface area contributed by atoms with Crippen molar-refractivity contribution in [2.75, 3.05) is 4.90 Å². The van der Waals surface area contributed by atoms with Crippen LogP contribution in [0, 0.1) is 0 Å². The predicted molar refractivity (Wildman–Crippen MR) is 112 cm³/mol. The van der Waals surface area contributed by atoms with Crippen LogP contribution in [-0.2, 0) is 10.5 Å².